The van der Waals surface area contributed by atoms with E-state index in [0.29, 0.717) is 17.0 Å². The number of hydrogen-bond donors (Lipinski definition) is 1. The molecule has 1 amide bonds. The first-order valence-electron chi connectivity index (χ1n) is 19.0. The van der Waals surface area contributed by atoms with Crippen LogP contribution in [0.1, 0.15) is 110 Å². The van der Waals surface area contributed by atoms with Crippen LogP contribution in [0.25, 0.3) is 11.1 Å². The number of aryl methyl sites for hydroxylation is 2. The van der Waals surface area contributed by atoms with Crippen LogP contribution < -0.4 is 10.8 Å². The Hall–Kier alpha value is -4.01. The van der Waals surface area contributed by atoms with Gasteiger partial charge in [0, 0.05) is 50.9 Å². The third-order valence-electron chi connectivity index (χ3n) is 9.68. The Morgan fingerprint density at radius 2 is 1.35 bits per heavy atom. The van der Waals surface area contributed by atoms with E-state index in [1.54, 1.807) is 51.6 Å². The molecule has 1 aliphatic heterocycles. The number of aromatic nitrogens is 2. The molecule has 0 unspecified atom stereocenters. The lowest BCUT2D eigenvalue weighted by Gasteiger charge is -2.32. The standard InChI is InChI=1S/C21H25ClN2O4.C16H24BNO4.C7H6BrCl.CH4/c1-13-7-6-8-16(22)19(13)15-9-14(11-23-12-15)17(10-18(25)27-5)24-20(26)28-21(2,3)4;1-11(7-14(19)20-6)12-8-13(10-18-9-12)17-21-15(2,3)16(4,5)22-17;1-5-3-2-4-6(9)7(5)8;/h6-9,11-12,17H,10H2,1-5H3,(H,24,26);8-11H,7H2,1-6H3;2-4H,1H3;1H4/t17-;11-;;/m00../s1. The number of ether oxygens (including phenoxy) is 3. The molecule has 3 heterocycles. The van der Waals surface area contributed by atoms with Gasteiger partial charge in [0.2, 0.25) is 0 Å². The lowest BCUT2D eigenvalue weighted by molar-refractivity contribution is -0.142. The summed E-state index contributed by atoms with van der Waals surface area (Å²) in [6, 6.07) is 14.6. The first kappa shape index (κ1) is 52.1. The molecule has 1 saturated heterocycles. The van der Waals surface area contributed by atoms with Gasteiger partial charge in [0.05, 0.1) is 49.3 Å². The van der Waals surface area contributed by atoms with Crippen molar-refractivity contribution in [3.05, 3.63) is 110 Å². The second-order valence-corrected chi connectivity index (χ2v) is 17.7. The Morgan fingerprint density at radius 1 is 0.817 bits per heavy atom. The number of nitrogens with one attached hydrogen (secondary N) is 1. The summed E-state index contributed by atoms with van der Waals surface area (Å²) in [6.07, 6.45) is 6.45. The number of benzene rings is 2. The normalized spacial score (nSPS) is 14.8. The molecule has 15 heteroatoms. The maximum absolute atomic E-state index is 12.2. The molecule has 2 aromatic carbocycles. The zero-order chi connectivity index (χ0) is 44.3. The van der Waals surface area contributed by atoms with Gasteiger partial charge < -0.3 is 28.8 Å². The third kappa shape index (κ3) is 15.2. The maximum Gasteiger partial charge on any atom is 0.496 e. The van der Waals surface area contributed by atoms with E-state index in [1.807, 2.05) is 90.9 Å². The molecule has 0 radical (unpaired) electrons. The predicted molar refractivity (Wildman–Crippen MR) is 244 cm³/mol. The molecule has 0 aliphatic carbocycles. The summed E-state index contributed by atoms with van der Waals surface area (Å²) in [7, 11) is 2.26. The topological polar surface area (TPSA) is 135 Å². The van der Waals surface area contributed by atoms with E-state index in [9.17, 15) is 14.4 Å². The van der Waals surface area contributed by atoms with Crippen molar-refractivity contribution in [1.82, 2.24) is 15.3 Å². The van der Waals surface area contributed by atoms with Crippen molar-refractivity contribution in [2.45, 2.75) is 118 Å². The summed E-state index contributed by atoms with van der Waals surface area (Å²) in [6.45, 7) is 19.3. The number of hydrogen-bond acceptors (Lipinski definition) is 10. The summed E-state index contributed by atoms with van der Waals surface area (Å²) < 4.78 is 27.9. The minimum atomic E-state index is -0.658. The highest BCUT2D eigenvalue weighted by Crippen LogP contribution is 2.37. The SMILES string of the molecule is C.COC(=O)C[C@H](C)c1cncc(B2OC(C)(C)C(C)(C)O2)c1.COC(=O)C[C@H](NC(=O)OC(C)(C)C)c1cncc(-c2c(C)cccc2Cl)c1.Cc1cccc(Cl)c1Br. The Labute approximate surface area is 374 Å². The smallest absolute Gasteiger partial charge is 0.469 e. The molecule has 11 nitrogen and oxygen atoms in total. The van der Waals surface area contributed by atoms with E-state index in [4.69, 9.17) is 46.7 Å². The molecular weight excluding hydrogens is 872 g/mol. The highest BCUT2D eigenvalue weighted by atomic mass is 79.9. The van der Waals surface area contributed by atoms with Gasteiger partial charge in [-0.15, -0.1) is 0 Å². The number of nitrogens with zero attached hydrogens (tertiary/aromatic N) is 2. The fourth-order valence-corrected chi connectivity index (χ4v) is 6.47. The van der Waals surface area contributed by atoms with Crippen LogP contribution in [0.3, 0.4) is 0 Å². The summed E-state index contributed by atoms with van der Waals surface area (Å²) >= 11 is 15.5. The fourth-order valence-electron chi connectivity index (χ4n) is 5.65. The molecule has 60 heavy (non-hydrogen) atoms. The maximum atomic E-state index is 12.2. The lowest BCUT2D eigenvalue weighted by atomic mass is 9.79. The Morgan fingerprint density at radius 3 is 1.88 bits per heavy atom. The number of rotatable bonds is 9. The molecule has 4 aromatic rings. The fraction of sp³-hybridized carbons (Fsp3) is 0.444. The van der Waals surface area contributed by atoms with Crippen molar-refractivity contribution in [3.8, 4) is 11.1 Å². The van der Waals surface area contributed by atoms with Crippen LogP contribution in [-0.2, 0) is 33.1 Å². The molecule has 326 valence electrons. The molecule has 0 saturated carbocycles. The first-order valence-corrected chi connectivity index (χ1v) is 20.6. The summed E-state index contributed by atoms with van der Waals surface area (Å²) in [5, 5.41) is 4.10. The Kier molecular flexibility index (Phi) is 19.7. The molecule has 1 N–H and O–H groups in total. The monoisotopic (exact) mass is 929 g/mol. The van der Waals surface area contributed by atoms with Crippen molar-refractivity contribution < 1.29 is 37.9 Å². The van der Waals surface area contributed by atoms with Gasteiger partial charge in [0.15, 0.2) is 0 Å². The van der Waals surface area contributed by atoms with E-state index in [0.717, 1.165) is 37.2 Å². The van der Waals surface area contributed by atoms with Crippen molar-refractivity contribution >= 4 is 69.7 Å². The summed E-state index contributed by atoms with van der Waals surface area (Å²) in [5.74, 6) is -0.656. The van der Waals surface area contributed by atoms with Crippen LogP contribution in [0, 0.1) is 13.8 Å². The average Bonchev–Trinajstić information content (AvgIpc) is 3.39. The molecule has 2 aromatic heterocycles. The molecular formula is C45H59BBrCl2N3O8. The highest BCUT2D eigenvalue weighted by Gasteiger charge is 2.51. The second kappa shape index (κ2) is 22.7. The van der Waals surface area contributed by atoms with Gasteiger partial charge in [-0.2, -0.15) is 0 Å². The number of pyridine rings is 2. The number of carbonyl (C=O) groups excluding carboxylic acids is 3. The molecule has 5 rings (SSSR count). The number of carbonyl (C=O) groups is 3. The second-order valence-electron chi connectivity index (χ2n) is 16.1. The number of halogens is 3. The van der Waals surface area contributed by atoms with Gasteiger partial charge in [-0.1, -0.05) is 67.9 Å². The molecule has 1 fully saturated rings. The van der Waals surface area contributed by atoms with Gasteiger partial charge in [0.1, 0.15) is 5.60 Å². The van der Waals surface area contributed by atoms with E-state index in [1.165, 1.54) is 19.8 Å². The number of amides is 1. The van der Waals surface area contributed by atoms with Gasteiger partial charge in [0.25, 0.3) is 0 Å². The molecule has 1 aliphatic rings. The quantitative estimate of drug-likeness (QED) is 0.0982. The minimum absolute atomic E-state index is 0. The van der Waals surface area contributed by atoms with Crippen LogP contribution in [-0.4, -0.2) is 66.1 Å². The zero-order valence-electron chi connectivity index (χ0n) is 35.9. The first-order chi connectivity index (χ1) is 27.5. The molecule has 2 atom stereocenters. The largest absolute Gasteiger partial charge is 0.496 e. The van der Waals surface area contributed by atoms with Crippen molar-refractivity contribution in [1.29, 1.82) is 0 Å². The highest BCUT2D eigenvalue weighted by molar-refractivity contribution is 9.10. The van der Waals surface area contributed by atoms with E-state index < -0.39 is 30.8 Å². The number of alkyl carbamates (subject to hydrolysis) is 1. The lowest BCUT2D eigenvalue weighted by Crippen LogP contribution is -2.41. The Balaban J connectivity index is 0.000000343. The zero-order valence-corrected chi connectivity index (χ0v) is 39.0. The van der Waals surface area contributed by atoms with Crippen molar-refractivity contribution in [3.63, 3.8) is 0 Å². The van der Waals surface area contributed by atoms with E-state index in [-0.39, 0.29) is 36.9 Å². The minimum Gasteiger partial charge on any atom is -0.469 e. The third-order valence-corrected chi connectivity index (χ3v) is 11.6. The van der Waals surface area contributed by atoms with Crippen LogP contribution in [0.2, 0.25) is 10.0 Å². The molecule has 0 bridgehead atoms. The Bertz CT molecular complexity index is 2020. The van der Waals surface area contributed by atoms with E-state index in [2.05, 4.69) is 31.2 Å². The summed E-state index contributed by atoms with van der Waals surface area (Å²) in [4.78, 5) is 44.1. The van der Waals surface area contributed by atoms with E-state index >= 15 is 0 Å². The number of esters is 2. The van der Waals surface area contributed by atoms with Gasteiger partial charge in [-0.3, -0.25) is 19.6 Å². The average molecular weight is 932 g/mol. The van der Waals surface area contributed by atoms with Crippen LogP contribution in [0.5, 0.6) is 0 Å². The van der Waals surface area contributed by atoms with Gasteiger partial charge in [-0.25, -0.2) is 4.79 Å². The van der Waals surface area contributed by atoms with Crippen molar-refractivity contribution in [2.24, 2.45) is 0 Å². The van der Waals surface area contributed by atoms with Crippen LogP contribution >= 0.6 is 39.1 Å². The number of methoxy groups -OCH3 is 2. The van der Waals surface area contributed by atoms with Crippen LogP contribution in [0.15, 0.2) is 77.8 Å². The predicted octanol–water partition coefficient (Wildman–Crippen LogP) is 10.9. The molecule has 0 spiro atoms. The summed E-state index contributed by atoms with van der Waals surface area (Å²) in [5.41, 5.74) is 4.87. The van der Waals surface area contributed by atoms with Crippen LogP contribution in [0.4, 0.5) is 4.79 Å². The van der Waals surface area contributed by atoms with Gasteiger partial charge >= 0.3 is 25.2 Å². The van der Waals surface area contributed by atoms with Crippen molar-refractivity contribution in [2.75, 3.05) is 14.2 Å². The van der Waals surface area contributed by atoms with Gasteiger partial charge in [-0.05, 0) is 125 Å².